The molecule has 2 rings (SSSR count). The molecule has 6 heteroatoms. The first-order chi connectivity index (χ1) is 8.90. The van der Waals surface area contributed by atoms with Crippen LogP contribution in [-0.2, 0) is 21.4 Å². The number of carbonyl (C=O) groups excluding carboxylic acids is 2. The predicted octanol–water partition coefficient (Wildman–Crippen LogP) is 1.17. The summed E-state index contributed by atoms with van der Waals surface area (Å²) in [4.78, 5) is 23.2. The highest BCUT2D eigenvalue weighted by atomic mass is 16.5. The molecule has 1 aromatic rings. The van der Waals surface area contributed by atoms with Crippen molar-refractivity contribution in [2.24, 2.45) is 18.9 Å². The van der Waals surface area contributed by atoms with Crippen LogP contribution in [0.4, 0.5) is 5.69 Å². The number of ether oxygens (including phenoxy) is 1. The highest BCUT2D eigenvalue weighted by Crippen LogP contribution is 2.38. The molecule has 1 amide bonds. The van der Waals surface area contributed by atoms with Gasteiger partial charge in [-0.25, -0.2) is 0 Å². The maximum absolute atomic E-state index is 11.7. The van der Waals surface area contributed by atoms with Crippen molar-refractivity contribution in [1.82, 2.24) is 9.78 Å². The van der Waals surface area contributed by atoms with Crippen LogP contribution in [0.3, 0.4) is 0 Å². The van der Waals surface area contributed by atoms with Gasteiger partial charge < -0.3 is 10.1 Å². The van der Waals surface area contributed by atoms with Crippen molar-refractivity contribution in [3.8, 4) is 0 Å². The van der Waals surface area contributed by atoms with Crippen LogP contribution in [0.15, 0.2) is 0 Å². The summed E-state index contributed by atoms with van der Waals surface area (Å²) in [6.07, 6.45) is 0.862. The first kappa shape index (κ1) is 13.6. The molecule has 0 saturated heterocycles. The minimum Gasteiger partial charge on any atom is -0.455 e. The molecule has 1 fully saturated rings. The molecule has 0 spiro atoms. The summed E-state index contributed by atoms with van der Waals surface area (Å²) in [5, 5.41) is 6.93. The van der Waals surface area contributed by atoms with Crippen LogP contribution in [0.2, 0.25) is 0 Å². The number of aromatic nitrogens is 2. The minimum absolute atomic E-state index is 0.0188. The molecule has 0 radical (unpaired) electrons. The number of esters is 1. The zero-order valence-electron chi connectivity index (χ0n) is 11.7. The summed E-state index contributed by atoms with van der Waals surface area (Å²) in [7, 11) is 1.81. The Kier molecular flexibility index (Phi) is 3.59. The molecule has 0 bridgehead atoms. The topological polar surface area (TPSA) is 73.2 Å². The molecule has 1 saturated carbocycles. The van der Waals surface area contributed by atoms with Gasteiger partial charge in [0.05, 0.1) is 23.0 Å². The zero-order valence-corrected chi connectivity index (χ0v) is 11.7. The van der Waals surface area contributed by atoms with E-state index in [2.05, 4.69) is 10.4 Å². The van der Waals surface area contributed by atoms with Crippen LogP contribution < -0.4 is 5.32 Å². The Morgan fingerprint density at radius 2 is 2.11 bits per heavy atom. The van der Waals surface area contributed by atoms with E-state index in [0.29, 0.717) is 11.6 Å². The smallest absolute Gasteiger partial charge is 0.309 e. The molecule has 104 valence electrons. The van der Waals surface area contributed by atoms with Gasteiger partial charge in [-0.1, -0.05) is 6.92 Å². The van der Waals surface area contributed by atoms with E-state index >= 15 is 0 Å². The van der Waals surface area contributed by atoms with Gasteiger partial charge in [-0.05, 0) is 26.2 Å². The molecular formula is C13H19N3O3. The largest absolute Gasteiger partial charge is 0.455 e. The minimum atomic E-state index is -0.333. The Hall–Kier alpha value is -1.85. The van der Waals surface area contributed by atoms with E-state index in [-0.39, 0.29) is 24.4 Å². The van der Waals surface area contributed by atoms with Crippen molar-refractivity contribution in [2.45, 2.75) is 27.2 Å². The van der Waals surface area contributed by atoms with Crippen molar-refractivity contribution in [3.63, 3.8) is 0 Å². The van der Waals surface area contributed by atoms with Gasteiger partial charge in [-0.15, -0.1) is 0 Å². The van der Waals surface area contributed by atoms with E-state index in [9.17, 15) is 9.59 Å². The number of hydrogen-bond acceptors (Lipinski definition) is 4. The van der Waals surface area contributed by atoms with E-state index < -0.39 is 0 Å². The summed E-state index contributed by atoms with van der Waals surface area (Å²) >= 11 is 0. The molecule has 2 atom stereocenters. The average molecular weight is 265 g/mol. The molecule has 1 N–H and O–H groups in total. The highest BCUT2D eigenvalue weighted by Gasteiger charge is 2.40. The van der Waals surface area contributed by atoms with Gasteiger partial charge in [0.1, 0.15) is 0 Å². The third-order valence-corrected chi connectivity index (χ3v) is 3.53. The van der Waals surface area contributed by atoms with Gasteiger partial charge in [0.2, 0.25) is 0 Å². The normalized spacial score (nSPS) is 21.1. The zero-order chi connectivity index (χ0) is 14.2. The first-order valence-electron chi connectivity index (χ1n) is 6.36. The van der Waals surface area contributed by atoms with Gasteiger partial charge in [-0.2, -0.15) is 5.10 Å². The summed E-state index contributed by atoms with van der Waals surface area (Å²) < 4.78 is 6.68. The van der Waals surface area contributed by atoms with Gasteiger partial charge >= 0.3 is 5.97 Å². The molecule has 1 heterocycles. The fourth-order valence-electron chi connectivity index (χ4n) is 2.02. The van der Waals surface area contributed by atoms with Crippen molar-refractivity contribution >= 4 is 17.6 Å². The third kappa shape index (κ3) is 2.94. The van der Waals surface area contributed by atoms with Crippen LogP contribution in [0.1, 0.15) is 24.7 Å². The van der Waals surface area contributed by atoms with E-state index in [0.717, 1.165) is 17.8 Å². The molecular weight excluding hydrogens is 246 g/mol. The summed E-state index contributed by atoms with van der Waals surface area (Å²) in [5.41, 5.74) is 2.30. The van der Waals surface area contributed by atoms with Crippen LogP contribution in [-0.4, -0.2) is 28.3 Å². The lowest BCUT2D eigenvalue weighted by molar-refractivity contribution is -0.148. The summed E-state index contributed by atoms with van der Waals surface area (Å²) in [5.74, 6) is -0.240. The monoisotopic (exact) mass is 265 g/mol. The van der Waals surface area contributed by atoms with E-state index in [1.807, 2.05) is 27.8 Å². The summed E-state index contributed by atoms with van der Waals surface area (Å²) in [6, 6.07) is 0. The van der Waals surface area contributed by atoms with E-state index in [1.54, 1.807) is 4.68 Å². The Bertz CT molecular complexity index is 521. The van der Waals surface area contributed by atoms with Crippen LogP contribution in [0.5, 0.6) is 0 Å². The van der Waals surface area contributed by atoms with Crippen molar-refractivity contribution < 1.29 is 14.3 Å². The van der Waals surface area contributed by atoms with Crippen molar-refractivity contribution in [2.75, 3.05) is 11.9 Å². The van der Waals surface area contributed by atoms with Gasteiger partial charge in [0.25, 0.3) is 5.91 Å². The average Bonchev–Trinajstić information content (AvgIpc) is 3.03. The van der Waals surface area contributed by atoms with Gasteiger partial charge in [0, 0.05) is 7.05 Å². The molecule has 1 aliphatic rings. The van der Waals surface area contributed by atoms with E-state index in [4.69, 9.17) is 4.74 Å². The summed E-state index contributed by atoms with van der Waals surface area (Å²) in [6.45, 7) is 5.44. The molecule has 6 nitrogen and oxygen atoms in total. The highest BCUT2D eigenvalue weighted by molar-refractivity contribution is 5.94. The number of anilines is 1. The van der Waals surface area contributed by atoms with Crippen LogP contribution in [0, 0.1) is 25.7 Å². The van der Waals surface area contributed by atoms with Crippen LogP contribution in [0.25, 0.3) is 0 Å². The fourth-order valence-corrected chi connectivity index (χ4v) is 2.02. The second-order valence-electron chi connectivity index (χ2n) is 5.14. The Morgan fingerprint density at radius 3 is 2.58 bits per heavy atom. The van der Waals surface area contributed by atoms with E-state index in [1.165, 1.54) is 0 Å². The lowest BCUT2D eigenvalue weighted by Gasteiger charge is -2.06. The quantitative estimate of drug-likeness (QED) is 0.829. The number of aryl methyl sites for hydroxylation is 2. The molecule has 1 aliphatic carbocycles. The fraction of sp³-hybridized carbons (Fsp3) is 0.615. The number of carbonyl (C=O) groups is 2. The molecule has 0 unspecified atom stereocenters. The van der Waals surface area contributed by atoms with Crippen LogP contribution >= 0.6 is 0 Å². The Morgan fingerprint density at radius 1 is 1.47 bits per heavy atom. The van der Waals surface area contributed by atoms with Gasteiger partial charge in [0.15, 0.2) is 6.61 Å². The number of rotatable bonds is 4. The Balaban J connectivity index is 1.86. The maximum atomic E-state index is 11.7. The number of hydrogen-bond donors (Lipinski definition) is 1. The maximum Gasteiger partial charge on any atom is 0.309 e. The molecule has 0 aliphatic heterocycles. The molecule has 19 heavy (non-hydrogen) atoms. The van der Waals surface area contributed by atoms with Crippen molar-refractivity contribution in [1.29, 1.82) is 0 Å². The number of nitrogens with one attached hydrogen (secondary N) is 1. The SMILES string of the molecule is Cc1nn(C)c(C)c1NC(=O)COC(=O)[C@H]1C[C@H]1C. The second-order valence-corrected chi connectivity index (χ2v) is 5.14. The first-order valence-corrected chi connectivity index (χ1v) is 6.36. The molecule has 1 aromatic heterocycles. The second kappa shape index (κ2) is 5.03. The lowest BCUT2D eigenvalue weighted by Crippen LogP contribution is -2.22. The molecule has 0 aromatic carbocycles. The number of nitrogens with zero attached hydrogens (tertiary/aromatic N) is 2. The predicted molar refractivity (Wildman–Crippen MR) is 69.5 cm³/mol. The van der Waals surface area contributed by atoms with Crippen molar-refractivity contribution in [3.05, 3.63) is 11.4 Å². The lowest BCUT2D eigenvalue weighted by atomic mass is 10.3. The number of amides is 1. The third-order valence-electron chi connectivity index (χ3n) is 3.53. The standard InChI is InChI=1S/C13H19N3O3/c1-7-5-10(7)13(18)19-6-11(17)14-12-8(2)15-16(4)9(12)3/h7,10H,5-6H2,1-4H3,(H,14,17)/t7-,10+/m1/s1. The Labute approximate surface area is 112 Å². The van der Waals surface area contributed by atoms with Gasteiger partial charge in [-0.3, -0.25) is 14.3 Å².